The minimum atomic E-state index is -0.117. The lowest BCUT2D eigenvalue weighted by Gasteiger charge is -2.16. The number of hydrogen-bond acceptors (Lipinski definition) is 4. The van der Waals surface area contributed by atoms with Crippen molar-refractivity contribution < 1.29 is 9.59 Å². The van der Waals surface area contributed by atoms with Gasteiger partial charge in [-0.05, 0) is 36.8 Å². The van der Waals surface area contributed by atoms with Gasteiger partial charge in [-0.25, -0.2) is 4.98 Å². The first-order valence-corrected chi connectivity index (χ1v) is 8.35. The molecule has 132 valence electrons. The number of nitrogens with zero attached hydrogens (tertiary/aromatic N) is 2. The number of anilines is 3. The quantitative estimate of drug-likeness (QED) is 0.807. The molecular weight excluding hydrogens is 316 g/mol. The Kier molecular flexibility index (Phi) is 6.51. The number of amides is 2. The van der Waals surface area contributed by atoms with Crippen molar-refractivity contribution in [3.8, 4) is 0 Å². The average molecular weight is 340 g/mol. The highest BCUT2D eigenvalue weighted by molar-refractivity contribution is 5.92. The number of rotatable bonds is 7. The van der Waals surface area contributed by atoms with Gasteiger partial charge in [-0.2, -0.15) is 0 Å². The van der Waals surface area contributed by atoms with Crippen LogP contribution in [0.5, 0.6) is 0 Å². The summed E-state index contributed by atoms with van der Waals surface area (Å²) in [6.45, 7) is 4.29. The van der Waals surface area contributed by atoms with E-state index in [0.29, 0.717) is 5.69 Å². The van der Waals surface area contributed by atoms with Gasteiger partial charge in [0.2, 0.25) is 5.91 Å². The van der Waals surface area contributed by atoms with Gasteiger partial charge in [0.1, 0.15) is 5.69 Å². The standard InChI is InChI=1S/C19H24N4O2/c1-4-5-11-23(3)19(25)18-10-9-17(13-20-18)22-16-8-6-7-15(12-16)21-14(2)24/h6-10,12-13,22H,4-5,11H2,1-3H3,(H,21,24). The van der Waals surface area contributed by atoms with E-state index in [-0.39, 0.29) is 11.8 Å². The molecule has 0 saturated carbocycles. The first kappa shape index (κ1) is 18.4. The van der Waals surface area contributed by atoms with Crippen LogP contribution < -0.4 is 10.6 Å². The van der Waals surface area contributed by atoms with Gasteiger partial charge in [-0.15, -0.1) is 0 Å². The fraction of sp³-hybridized carbons (Fsp3) is 0.316. The van der Waals surface area contributed by atoms with Crippen LogP contribution in [-0.4, -0.2) is 35.3 Å². The maximum atomic E-state index is 12.3. The van der Waals surface area contributed by atoms with Crippen molar-refractivity contribution in [1.82, 2.24) is 9.88 Å². The molecule has 0 bridgehead atoms. The van der Waals surface area contributed by atoms with Crippen molar-refractivity contribution in [2.75, 3.05) is 24.2 Å². The summed E-state index contributed by atoms with van der Waals surface area (Å²) in [4.78, 5) is 29.3. The molecule has 0 fully saturated rings. The summed E-state index contributed by atoms with van der Waals surface area (Å²) in [5, 5.41) is 5.95. The Labute approximate surface area is 148 Å². The van der Waals surface area contributed by atoms with E-state index >= 15 is 0 Å². The van der Waals surface area contributed by atoms with Crippen LogP contribution in [0.3, 0.4) is 0 Å². The van der Waals surface area contributed by atoms with E-state index in [1.54, 1.807) is 24.2 Å². The molecule has 25 heavy (non-hydrogen) atoms. The molecule has 0 saturated heterocycles. The minimum absolute atomic E-state index is 0.0762. The van der Waals surface area contributed by atoms with Crippen LogP contribution in [-0.2, 0) is 4.79 Å². The number of carbonyl (C=O) groups is 2. The predicted octanol–water partition coefficient (Wildman–Crippen LogP) is 3.66. The minimum Gasteiger partial charge on any atom is -0.354 e. The van der Waals surface area contributed by atoms with Crippen molar-refractivity contribution in [2.24, 2.45) is 0 Å². The third-order valence-corrected chi connectivity index (χ3v) is 3.65. The van der Waals surface area contributed by atoms with Crippen LogP contribution >= 0.6 is 0 Å². The maximum Gasteiger partial charge on any atom is 0.272 e. The summed E-state index contributed by atoms with van der Waals surface area (Å²) < 4.78 is 0. The Hall–Kier alpha value is -2.89. The number of carbonyl (C=O) groups excluding carboxylic acids is 2. The SMILES string of the molecule is CCCCN(C)C(=O)c1ccc(Nc2cccc(NC(C)=O)c2)cn1. The van der Waals surface area contributed by atoms with Crippen LogP contribution in [0.2, 0.25) is 0 Å². The fourth-order valence-electron chi connectivity index (χ4n) is 2.33. The summed E-state index contributed by atoms with van der Waals surface area (Å²) in [6.07, 6.45) is 3.66. The van der Waals surface area contributed by atoms with Crippen molar-refractivity contribution >= 4 is 28.9 Å². The molecule has 0 aliphatic rings. The van der Waals surface area contributed by atoms with Crippen LogP contribution in [0.4, 0.5) is 17.1 Å². The van der Waals surface area contributed by atoms with Gasteiger partial charge in [0.15, 0.2) is 0 Å². The molecule has 0 aliphatic heterocycles. The molecule has 1 heterocycles. The van der Waals surface area contributed by atoms with Gasteiger partial charge in [-0.3, -0.25) is 9.59 Å². The highest BCUT2D eigenvalue weighted by Crippen LogP contribution is 2.20. The molecule has 2 amide bonds. The van der Waals surface area contributed by atoms with Crippen LogP contribution in [0.1, 0.15) is 37.2 Å². The summed E-state index contributed by atoms with van der Waals surface area (Å²) in [6, 6.07) is 10.9. The second kappa shape index (κ2) is 8.82. The van der Waals surface area contributed by atoms with Crippen LogP contribution in [0.25, 0.3) is 0 Å². The van der Waals surface area contributed by atoms with Gasteiger partial charge < -0.3 is 15.5 Å². The highest BCUT2D eigenvalue weighted by Gasteiger charge is 2.12. The van der Waals surface area contributed by atoms with Gasteiger partial charge >= 0.3 is 0 Å². The maximum absolute atomic E-state index is 12.3. The zero-order valence-corrected chi connectivity index (χ0v) is 14.9. The predicted molar refractivity (Wildman–Crippen MR) is 100 cm³/mol. The monoisotopic (exact) mass is 340 g/mol. The molecule has 0 aliphatic carbocycles. The molecular formula is C19H24N4O2. The Morgan fingerprint density at radius 2 is 1.88 bits per heavy atom. The smallest absolute Gasteiger partial charge is 0.272 e. The number of hydrogen-bond donors (Lipinski definition) is 2. The van der Waals surface area contributed by atoms with Crippen molar-refractivity contribution in [2.45, 2.75) is 26.7 Å². The molecule has 1 aromatic carbocycles. The van der Waals surface area contributed by atoms with E-state index in [9.17, 15) is 9.59 Å². The molecule has 6 nitrogen and oxygen atoms in total. The number of aromatic nitrogens is 1. The molecule has 2 aromatic rings. The van der Waals surface area contributed by atoms with E-state index < -0.39 is 0 Å². The van der Waals surface area contributed by atoms with E-state index in [2.05, 4.69) is 22.5 Å². The topological polar surface area (TPSA) is 74.3 Å². The highest BCUT2D eigenvalue weighted by atomic mass is 16.2. The Morgan fingerprint density at radius 1 is 1.12 bits per heavy atom. The summed E-state index contributed by atoms with van der Waals surface area (Å²) >= 11 is 0. The summed E-state index contributed by atoms with van der Waals surface area (Å²) in [5.74, 6) is -0.193. The average Bonchev–Trinajstić information content (AvgIpc) is 2.59. The second-order valence-corrected chi connectivity index (χ2v) is 5.90. The molecule has 0 unspecified atom stereocenters. The molecule has 0 radical (unpaired) electrons. The first-order valence-electron chi connectivity index (χ1n) is 8.35. The Morgan fingerprint density at radius 3 is 2.52 bits per heavy atom. The lowest BCUT2D eigenvalue weighted by atomic mass is 10.2. The second-order valence-electron chi connectivity index (χ2n) is 5.90. The third-order valence-electron chi connectivity index (χ3n) is 3.65. The zero-order chi connectivity index (χ0) is 18.2. The van der Waals surface area contributed by atoms with E-state index in [1.807, 2.05) is 30.3 Å². The van der Waals surface area contributed by atoms with Crippen LogP contribution in [0, 0.1) is 0 Å². The largest absolute Gasteiger partial charge is 0.354 e. The van der Waals surface area contributed by atoms with E-state index in [4.69, 9.17) is 0 Å². The molecule has 6 heteroatoms. The normalized spacial score (nSPS) is 10.2. The van der Waals surface area contributed by atoms with Gasteiger partial charge in [-0.1, -0.05) is 19.4 Å². The fourth-order valence-corrected chi connectivity index (χ4v) is 2.33. The Bertz CT molecular complexity index is 728. The summed E-state index contributed by atoms with van der Waals surface area (Å²) in [5.41, 5.74) is 2.74. The van der Waals surface area contributed by atoms with Crippen molar-refractivity contribution in [3.05, 3.63) is 48.3 Å². The number of unbranched alkanes of at least 4 members (excludes halogenated alkanes) is 1. The zero-order valence-electron chi connectivity index (χ0n) is 14.9. The number of pyridine rings is 1. The van der Waals surface area contributed by atoms with Gasteiger partial charge in [0, 0.05) is 31.9 Å². The first-order chi connectivity index (χ1) is 12.0. The van der Waals surface area contributed by atoms with E-state index in [1.165, 1.54) is 6.92 Å². The molecule has 0 spiro atoms. The molecule has 2 N–H and O–H groups in total. The Balaban J connectivity index is 2.03. The van der Waals surface area contributed by atoms with Gasteiger partial charge in [0.05, 0.1) is 11.9 Å². The lowest BCUT2D eigenvalue weighted by molar-refractivity contribution is -0.114. The van der Waals surface area contributed by atoms with Gasteiger partial charge in [0.25, 0.3) is 5.91 Å². The molecule has 1 aromatic heterocycles. The van der Waals surface area contributed by atoms with Crippen molar-refractivity contribution in [1.29, 1.82) is 0 Å². The summed E-state index contributed by atoms with van der Waals surface area (Å²) in [7, 11) is 1.79. The third kappa shape index (κ3) is 5.60. The van der Waals surface area contributed by atoms with Crippen LogP contribution in [0.15, 0.2) is 42.6 Å². The lowest BCUT2D eigenvalue weighted by Crippen LogP contribution is -2.28. The van der Waals surface area contributed by atoms with Crippen molar-refractivity contribution in [3.63, 3.8) is 0 Å². The van der Waals surface area contributed by atoms with E-state index in [0.717, 1.165) is 36.4 Å². The molecule has 0 atom stereocenters. The molecule has 2 rings (SSSR count). The number of benzene rings is 1. The number of nitrogens with one attached hydrogen (secondary N) is 2.